The molecule has 2 aromatic carbocycles. The van der Waals surface area contributed by atoms with Crippen LogP contribution >= 0.6 is 0 Å². The Bertz CT molecular complexity index is 1170. The van der Waals surface area contributed by atoms with Gasteiger partial charge in [0.2, 0.25) is 11.3 Å². The highest BCUT2D eigenvalue weighted by molar-refractivity contribution is 5.81. The Balaban J connectivity index is 1.66. The summed E-state index contributed by atoms with van der Waals surface area (Å²) >= 11 is 0. The summed E-state index contributed by atoms with van der Waals surface area (Å²) in [5, 5.41) is 14.8. The zero-order valence-electron chi connectivity index (χ0n) is 15.1. The SMILES string of the molecule is Cc1cccc(Nc2nc3nonc3nc2NN=Cc2cccc(F)c2)c1C. The number of nitrogens with zero attached hydrogens (tertiary/aromatic N) is 5. The van der Waals surface area contributed by atoms with E-state index in [1.54, 1.807) is 12.1 Å². The molecule has 4 rings (SSSR count). The van der Waals surface area contributed by atoms with E-state index in [4.69, 9.17) is 4.63 Å². The second kappa shape index (κ2) is 7.39. The molecule has 140 valence electrons. The number of hydrogen-bond acceptors (Lipinski definition) is 8. The summed E-state index contributed by atoms with van der Waals surface area (Å²) in [5.41, 5.74) is 7.04. The number of benzene rings is 2. The molecule has 0 bridgehead atoms. The first-order valence-electron chi connectivity index (χ1n) is 8.48. The highest BCUT2D eigenvalue weighted by Gasteiger charge is 2.13. The van der Waals surface area contributed by atoms with Crippen LogP contribution in [-0.2, 0) is 0 Å². The van der Waals surface area contributed by atoms with Gasteiger partial charge in [-0.15, -0.1) is 0 Å². The molecule has 0 spiro atoms. The van der Waals surface area contributed by atoms with Crippen molar-refractivity contribution in [2.24, 2.45) is 5.10 Å². The Morgan fingerprint density at radius 3 is 2.54 bits per heavy atom. The molecule has 0 radical (unpaired) electrons. The number of halogens is 1. The molecule has 0 unspecified atom stereocenters. The number of hydrazone groups is 1. The zero-order valence-corrected chi connectivity index (χ0v) is 15.1. The molecule has 2 aromatic heterocycles. The van der Waals surface area contributed by atoms with Crippen LogP contribution < -0.4 is 10.7 Å². The van der Waals surface area contributed by atoms with E-state index in [9.17, 15) is 4.39 Å². The first kappa shape index (κ1) is 17.5. The third-order valence-corrected chi connectivity index (χ3v) is 4.20. The summed E-state index contributed by atoms with van der Waals surface area (Å²) in [4.78, 5) is 8.74. The van der Waals surface area contributed by atoms with Crippen LogP contribution in [0.5, 0.6) is 0 Å². The van der Waals surface area contributed by atoms with Crippen LogP contribution in [0.3, 0.4) is 0 Å². The van der Waals surface area contributed by atoms with Gasteiger partial charge in [0, 0.05) is 5.69 Å². The molecule has 0 saturated carbocycles. The van der Waals surface area contributed by atoms with Gasteiger partial charge >= 0.3 is 0 Å². The molecule has 2 N–H and O–H groups in total. The molecule has 4 aromatic rings. The Kier molecular flexibility index (Phi) is 4.63. The Morgan fingerprint density at radius 2 is 1.75 bits per heavy atom. The summed E-state index contributed by atoms with van der Waals surface area (Å²) in [6.45, 7) is 4.04. The highest BCUT2D eigenvalue weighted by atomic mass is 19.1. The summed E-state index contributed by atoms with van der Waals surface area (Å²) in [5.74, 6) is 0.404. The van der Waals surface area contributed by atoms with Crippen LogP contribution in [0.2, 0.25) is 0 Å². The van der Waals surface area contributed by atoms with Crippen LogP contribution in [0.15, 0.2) is 52.2 Å². The summed E-state index contributed by atoms with van der Waals surface area (Å²) in [6, 6.07) is 12.0. The number of anilines is 3. The monoisotopic (exact) mass is 377 g/mol. The van der Waals surface area contributed by atoms with Crippen molar-refractivity contribution >= 4 is 34.8 Å². The van der Waals surface area contributed by atoms with Crippen LogP contribution in [-0.4, -0.2) is 26.5 Å². The number of aryl methyl sites for hydroxylation is 1. The predicted octanol–water partition coefficient (Wildman–Crippen LogP) is 3.96. The van der Waals surface area contributed by atoms with E-state index in [0.717, 1.165) is 16.8 Å². The molecule has 0 fully saturated rings. The third kappa shape index (κ3) is 3.63. The van der Waals surface area contributed by atoms with Crippen molar-refractivity contribution in [1.29, 1.82) is 0 Å². The van der Waals surface area contributed by atoms with E-state index in [2.05, 4.69) is 36.1 Å². The van der Waals surface area contributed by atoms with E-state index in [1.807, 2.05) is 32.0 Å². The number of nitrogens with one attached hydrogen (secondary N) is 2. The lowest BCUT2D eigenvalue weighted by Gasteiger charge is -2.12. The molecular weight excluding hydrogens is 361 g/mol. The second-order valence-electron chi connectivity index (χ2n) is 6.13. The van der Waals surface area contributed by atoms with Crippen molar-refractivity contribution in [3.05, 3.63) is 65.0 Å². The molecule has 0 aliphatic rings. The van der Waals surface area contributed by atoms with Gasteiger partial charge in [0.15, 0.2) is 11.6 Å². The van der Waals surface area contributed by atoms with E-state index in [1.165, 1.54) is 18.3 Å². The smallest absolute Gasteiger partial charge is 0.245 e. The van der Waals surface area contributed by atoms with Crippen molar-refractivity contribution in [3.8, 4) is 0 Å². The van der Waals surface area contributed by atoms with Gasteiger partial charge < -0.3 is 5.32 Å². The minimum Gasteiger partial charge on any atom is -0.337 e. The van der Waals surface area contributed by atoms with Crippen LogP contribution in [0, 0.1) is 19.7 Å². The van der Waals surface area contributed by atoms with Crippen molar-refractivity contribution in [3.63, 3.8) is 0 Å². The van der Waals surface area contributed by atoms with Crippen molar-refractivity contribution in [2.75, 3.05) is 10.7 Å². The van der Waals surface area contributed by atoms with E-state index >= 15 is 0 Å². The molecule has 0 saturated heterocycles. The van der Waals surface area contributed by atoms with Gasteiger partial charge in [0.1, 0.15) is 5.82 Å². The number of aromatic nitrogens is 4. The lowest BCUT2D eigenvalue weighted by Crippen LogP contribution is -2.04. The van der Waals surface area contributed by atoms with Crippen LogP contribution in [0.4, 0.5) is 21.7 Å². The van der Waals surface area contributed by atoms with Gasteiger partial charge in [-0.2, -0.15) is 10.1 Å². The largest absolute Gasteiger partial charge is 0.337 e. The third-order valence-electron chi connectivity index (χ3n) is 4.20. The van der Waals surface area contributed by atoms with E-state index < -0.39 is 0 Å². The topological polar surface area (TPSA) is 101 Å². The molecule has 0 amide bonds. The van der Waals surface area contributed by atoms with E-state index in [0.29, 0.717) is 17.2 Å². The first-order valence-corrected chi connectivity index (χ1v) is 8.48. The van der Waals surface area contributed by atoms with Gasteiger partial charge in [-0.1, -0.05) is 24.3 Å². The van der Waals surface area contributed by atoms with Gasteiger partial charge in [-0.05, 0) is 59.1 Å². The molecule has 0 atom stereocenters. The number of hydrogen-bond donors (Lipinski definition) is 2. The second-order valence-corrected chi connectivity index (χ2v) is 6.13. The fourth-order valence-corrected chi connectivity index (χ4v) is 2.57. The molecular formula is C19H16FN7O. The highest BCUT2D eigenvalue weighted by Crippen LogP contribution is 2.26. The maximum absolute atomic E-state index is 13.3. The predicted molar refractivity (Wildman–Crippen MR) is 104 cm³/mol. The lowest BCUT2D eigenvalue weighted by atomic mass is 10.1. The molecule has 0 aliphatic carbocycles. The standard InChI is InChI=1S/C19H16FN7O/c1-11-5-3-8-15(12(11)2)22-16-17(24-19-18(23-16)26-28-27-19)25-21-10-13-6-4-7-14(20)9-13/h3-10H,1-2H3,(H,22,23,26)(H,24,25,27). The summed E-state index contributed by atoms with van der Waals surface area (Å²) in [6.07, 6.45) is 1.48. The molecule has 2 heterocycles. The maximum atomic E-state index is 13.3. The first-order chi connectivity index (χ1) is 13.6. The minimum absolute atomic E-state index is 0.245. The fourth-order valence-electron chi connectivity index (χ4n) is 2.57. The van der Waals surface area contributed by atoms with E-state index in [-0.39, 0.29) is 17.1 Å². The minimum atomic E-state index is -0.337. The normalized spacial score (nSPS) is 11.2. The zero-order chi connectivity index (χ0) is 19.5. The quantitative estimate of drug-likeness (QED) is 0.401. The van der Waals surface area contributed by atoms with Gasteiger partial charge in [-0.3, -0.25) is 5.43 Å². The van der Waals surface area contributed by atoms with Gasteiger partial charge in [0.25, 0.3) is 0 Å². The average Bonchev–Trinajstić information content (AvgIpc) is 3.13. The van der Waals surface area contributed by atoms with Crippen LogP contribution in [0.1, 0.15) is 16.7 Å². The molecule has 9 heteroatoms. The Morgan fingerprint density at radius 1 is 1.00 bits per heavy atom. The fraction of sp³-hybridized carbons (Fsp3) is 0.105. The molecule has 8 nitrogen and oxygen atoms in total. The Labute approximate surface area is 159 Å². The molecule has 28 heavy (non-hydrogen) atoms. The van der Waals surface area contributed by atoms with Crippen molar-refractivity contribution in [2.45, 2.75) is 13.8 Å². The molecule has 0 aliphatic heterocycles. The number of fused-ring (bicyclic) bond motifs is 1. The van der Waals surface area contributed by atoms with Gasteiger partial charge in [0.05, 0.1) is 6.21 Å². The van der Waals surface area contributed by atoms with Crippen LogP contribution in [0.25, 0.3) is 11.3 Å². The summed E-state index contributed by atoms with van der Waals surface area (Å²) < 4.78 is 18.0. The van der Waals surface area contributed by atoms with Crippen molar-refractivity contribution in [1.82, 2.24) is 20.3 Å². The van der Waals surface area contributed by atoms with Gasteiger partial charge in [-0.25, -0.2) is 14.0 Å². The maximum Gasteiger partial charge on any atom is 0.245 e. The Hall–Kier alpha value is -3.88. The average molecular weight is 377 g/mol. The summed E-state index contributed by atoms with van der Waals surface area (Å²) in [7, 11) is 0. The lowest BCUT2D eigenvalue weighted by molar-refractivity contribution is 0.314. The van der Waals surface area contributed by atoms with Crippen molar-refractivity contribution < 1.29 is 9.02 Å². The number of rotatable bonds is 5.